The molecule has 3 N–H and O–H groups in total. The zero-order chi connectivity index (χ0) is 18.4. The quantitative estimate of drug-likeness (QED) is 0.657. The van der Waals surface area contributed by atoms with Crippen LogP contribution in [0, 0.1) is 6.92 Å². The van der Waals surface area contributed by atoms with E-state index in [9.17, 15) is 9.59 Å². The van der Waals surface area contributed by atoms with Gasteiger partial charge in [-0.15, -0.1) is 0 Å². The first kappa shape index (κ1) is 17.2. The molecule has 0 saturated carbocycles. The molecule has 8 nitrogen and oxygen atoms in total. The lowest BCUT2D eigenvalue weighted by Crippen LogP contribution is -2.35. The molecule has 0 unspecified atom stereocenters. The molecule has 8 heteroatoms. The smallest absolute Gasteiger partial charge is 0.319 e. The first-order valence-electron chi connectivity index (χ1n) is 7.96. The van der Waals surface area contributed by atoms with Gasteiger partial charge in [-0.3, -0.25) is 4.79 Å². The van der Waals surface area contributed by atoms with E-state index in [1.54, 1.807) is 29.2 Å². The Bertz CT molecular complexity index is 890. The molecule has 3 amide bonds. The number of aromatic nitrogens is 3. The lowest BCUT2D eigenvalue weighted by Gasteiger charge is -2.09. The summed E-state index contributed by atoms with van der Waals surface area (Å²) in [4.78, 5) is 27.7. The predicted molar refractivity (Wildman–Crippen MR) is 98.2 cm³/mol. The highest BCUT2D eigenvalue weighted by molar-refractivity contribution is 5.97. The lowest BCUT2D eigenvalue weighted by atomic mass is 10.2. The largest absolute Gasteiger partial charge is 0.329 e. The Morgan fingerprint density at radius 2 is 1.85 bits per heavy atom. The maximum atomic E-state index is 12.0. The number of carbonyl (C=O) groups is 2. The third-order valence-electron chi connectivity index (χ3n) is 3.52. The van der Waals surface area contributed by atoms with Crippen molar-refractivity contribution in [1.82, 2.24) is 20.1 Å². The Labute approximate surface area is 150 Å². The minimum Gasteiger partial charge on any atom is -0.329 e. The first-order valence-corrected chi connectivity index (χ1v) is 7.96. The van der Waals surface area contributed by atoms with Crippen molar-refractivity contribution in [3.8, 4) is 5.69 Å². The normalized spacial score (nSPS) is 10.2. The van der Waals surface area contributed by atoms with Gasteiger partial charge >= 0.3 is 6.03 Å². The van der Waals surface area contributed by atoms with E-state index in [0.717, 1.165) is 11.3 Å². The van der Waals surface area contributed by atoms with E-state index in [-0.39, 0.29) is 12.5 Å². The molecule has 0 bridgehead atoms. The van der Waals surface area contributed by atoms with Gasteiger partial charge in [0.1, 0.15) is 12.7 Å². The van der Waals surface area contributed by atoms with Crippen molar-refractivity contribution in [3.63, 3.8) is 0 Å². The van der Waals surface area contributed by atoms with Gasteiger partial charge in [-0.2, -0.15) is 5.10 Å². The van der Waals surface area contributed by atoms with Gasteiger partial charge in [-0.05, 0) is 48.9 Å². The van der Waals surface area contributed by atoms with Gasteiger partial charge in [0.25, 0.3) is 0 Å². The SMILES string of the molecule is Cc1cccc(NC(=O)NCC(=O)Nc2ccc(-n3cncn3)cc2)c1. The highest BCUT2D eigenvalue weighted by atomic mass is 16.2. The summed E-state index contributed by atoms with van der Waals surface area (Å²) in [5, 5.41) is 11.9. The number of carbonyl (C=O) groups excluding carboxylic acids is 2. The topological polar surface area (TPSA) is 101 Å². The summed E-state index contributed by atoms with van der Waals surface area (Å²) in [6.45, 7) is 1.80. The standard InChI is InChI=1S/C18H18N6O2/c1-13-3-2-4-15(9-13)23-18(26)20-10-17(25)22-14-5-7-16(8-6-14)24-12-19-11-21-24/h2-9,11-12H,10H2,1H3,(H,22,25)(H2,20,23,26). The van der Waals surface area contributed by atoms with Crippen LogP contribution in [0.2, 0.25) is 0 Å². The molecule has 0 saturated heterocycles. The maximum absolute atomic E-state index is 12.0. The van der Waals surface area contributed by atoms with Crippen LogP contribution < -0.4 is 16.0 Å². The van der Waals surface area contributed by atoms with Crippen molar-refractivity contribution in [3.05, 3.63) is 66.7 Å². The number of urea groups is 1. The number of amides is 3. The second kappa shape index (κ2) is 7.93. The summed E-state index contributed by atoms with van der Waals surface area (Å²) in [5.74, 6) is -0.321. The molecule has 0 aliphatic heterocycles. The van der Waals surface area contributed by atoms with Crippen molar-refractivity contribution in [1.29, 1.82) is 0 Å². The van der Waals surface area contributed by atoms with Gasteiger partial charge in [-0.25, -0.2) is 14.5 Å². The molecule has 3 rings (SSSR count). The summed E-state index contributed by atoms with van der Waals surface area (Å²) < 4.78 is 1.61. The molecule has 0 aliphatic rings. The zero-order valence-electron chi connectivity index (χ0n) is 14.1. The fourth-order valence-corrected chi connectivity index (χ4v) is 2.30. The van der Waals surface area contributed by atoms with E-state index in [1.807, 2.05) is 37.3 Å². The van der Waals surface area contributed by atoms with Gasteiger partial charge in [0.05, 0.1) is 12.2 Å². The Kier molecular flexibility index (Phi) is 5.23. The maximum Gasteiger partial charge on any atom is 0.319 e. The average Bonchev–Trinajstić information content (AvgIpc) is 3.15. The third-order valence-corrected chi connectivity index (χ3v) is 3.52. The summed E-state index contributed by atoms with van der Waals surface area (Å²) in [6.07, 6.45) is 3.04. The molecule has 26 heavy (non-hydrogen) atoms. The number of aryl methyl sites for hydroxylation is 1. The molecular weight excluding hydrogens is 332 g/mol. The van der Waals surface area contributed by atoms with E-state index in [0.29, 0.717) is 11.4 Å². The lowest BCUT2D eigenvalue weighted by molar-refractivity contribution is -0.115. The number of rotatable bonds is 5. The number of hydrogen-bond donors (Lipinski definition) is 3. The Morgan fingerprint density at radius 1 is 1.04 bits per heavy atom. The van der Waals surface area contributed by atoms with Gasteiger partial charge < -0.3 is 16.0 Å². The molecule has 3 aromatic rings. The van der Waals surface area contributed by atoms with E-state index in [2.05, 4.69) is 26.0 Å². The minimum atomic E-state index is -0.438. The summed E-state index contributed by atoms with van der Waals surface area (Å²) in [5.41, 5.74) is 3.16. The van der Waals surface area contributed by atoms with Gasteiger partial charge in [0, 0.05) is 11.4 Å². The number of nitrogens with one attached hydrogen (secondary N) is 3. The van der Waals surface area contributed by atoms with Gasteiger partial charge in [0.2, 0.25) is 5.91 Å². The van der Waals surface area contributed by atoms with E-state index < -0.39 is 6.03 Å². The number of hydrogen-bond acceptors (Lipinski definition) is 4. The van der Waals surface area contributed by atoms with E-state index >= 15 is 0 Å². The summed E-state index contributed by atoms with van der Waals surface area (Å²) in [7, 11) is 0. The van der Waals surface area contributed by atoms with Crippen LogP contribution in [-0.2, 0) is 4.79 Å². The van der Waals surface area contributed by atoms with Crippen LogP contribution in [0.5, 0.6) is 0 Å². The van der Waals surface area contributed by atoms with Gasteiger partial charge in [0.15, 0.2) is 0 Å². The van der Waals surface area contributed by atoms with Crippen LogP contribution in [0.3, 0.4) is 0 Å². The Morgan fingerprint density at radius 3 is 2.54 bits per heavy atom. The average molecular weight is 350 g/mol. The molecule has 0 radical (unpaired) electrons. The third kappa shape index (κ3) is 4.67. The predicted octanol–water partition coefficient (Wildman–Crippen LogP) is 2.34. The van der Waals surface area contributed by atoms with Crippen LogP contribution >= 0.6 is 0 Å². The van der Waals surface area contributed by atoms with Crippen LogP contribution in [0.1, 0.15) is 5.56 Å². The van der Waals surface area contributed by atoms with Crippen molar-refractivity contribution >= 4 is 23.3 Å². The monoisotopic (exact) mass is 350 g/mol. The van der Waals surface area contributed by atoms with Crippen LogP contribution in [0.15, 0.2) is 61.2 Å². The number of benzene rings is 2. The number of nitrogens with zero attached hydrogens (tertiary/aromatic N) is 3. The number of anilines is 2. The molecule has 0 spiro atoms. The highest BCUT2D eigenvalue weighted by Crippen LogP contribution is 2.12. The molecule has 1 heterocycles. The Hall–Kier alpha value is -3.68. The van der Waals surface area contributed by atoms with Crippen molar-refractivity contribution in [2.75, 3.05) is 17.2 Å². The molecule has 0 fully saturated rings. The molecule has 0 atom stereocenters. The van der Waals surface area contributed by atoms with Crippen LogP contribution in [-0.4, -0.2) is 33.2 Å². The first-order chi connectivity index (χ1) is 12.6. The van der Waals surface area contributed by atoms with Gasteiger partial charge in [-0.1, -0.05) is 12.1 Å². The van der Waals surface area contributed by atoms with Crippen LogP contribution in [0.4, 0.5) is 16.2 Å². The van der Waals surface area contributed by atoms with E-state index in [1.165, 1.54) is 6.33 Å². The molecule has 1 aromatic heterocycles. The van der Waals surface area contributed by atoms with Crippen molar-refractivity contribution in [2.45, 2.75) is 6.92 Å². The second-order valence-electron chi connectivity index (χ2n) is 5.61. The van der Waals surface area contributed by atoms with Crippen LogP contribution in [0.25, 0.3) is 5.69 Å². The second-order valence-corrected chi connectivity index (χ2v) is 5.61. The zero-order valence-corrected chi connectivity index (χ0v) is 14.1. The van der Waals surface area contributed by atoms with Crippen molar-refractivity contribution in [2.24, 2.45) is 0 Å². The molecule has 0 aliphatic carbocycles. The van der Waals surface area contributed by atoms with Crippen molar-refractivity contribution < 1.29 is 9.59 Å². The molecule has 132 valence electrons. The Balaban J connectivity index is 1.47. The summed E-state index contributed by atoms with van der Waals surface area (Å²) in [6, 6.07) is 14.1. The van der Waals surface area contributed by atoms with E-state index in [4.69, 9.17) is 0 Å². The molecule has 2 aromatic carbocycles. The fraction of sp³-hybridized carbons (Fsp3) is 0.111. The summed E-state index contributed by atoms with van der Waals surface area (Å²) >= 11 is 0. The minimum absolute atomic E-state index is 0.136. The fourth-order valence-electron chi connectivity index (χ4n) is 2.30. The molecular formula is C18H18N6O2. The highest BCUT2D eigenvalue weighted by Gasteiger charge is 2.07.